The number of urea groups is 1. The number of halogens is 1. The van der Waals surface area contributed by atoms with Crippen LogP contribution >= 0.6 is 27.3 Å². The van der Waals surface area contributed by atoms with Crippen LogP contribution < -0.4 is 10.6 Å². The van der Waals surface area contributed by atoms with Gasteiger partial charge in [0, 0.05) is 6.54 Å². The summed E-state index contributed by atoms with van der Waals surface area (Å²) in [6.45, 7) is 2.02. The predicted molar refractivity (Wildman–Crippen MR) is 72.9 cm³/mol. The van der Waals surface area contributed by atoms with Gasteiger partial charge in [-0.1, -0.05) is 24.7 Å². The molecule has 1 aromatic heterocycles. The first-order valence-electron chi connectivity index (χ1n) is 5.42. The highest BCUT2D eigenvalue weighted by atomic mass is 79.9. The van der Waals surface area contributed by atoms with E-state index in [0.29, 0.717) is 11.6 Å². The molecule has 3 N–H and O–H groups in total. The average Bonchev–Trinajstić information content (AvgIpc) is 2.69. The van der Waals surface area contributed by atoms with Crippen molar-refractivity contribution in [3.05, 3.63) is 9.98 Å². The van der Waals surface area contributed by atoms with Crippen molar-refractivity contribution >= 4 is 44.4 Å². The number of carbonyl (C=O) groups excluding carboxylic acids is 1. The largest absolute Gasteiger partial charge is 0.481 e. The molecule has 0 radical (unpaired) electrons. The topological polar surface area (TPSA) is 91.3 Å². The molecule has 0 spiro atoms. The predicted octanol–water partition coefficient (Wildman–Crippen LogP) is 2.53. The Morgan fingerprint density at radius 2 is 2.33 bits per heavy atom. The molecular formula is C10H14BrN3O3S. The maximum Gasteiger partial charge on any atom is 0.321 e. The maximum atomic E-state index is 11.5. The van der Waals surface area contributed by atoms with Gasteiger partial charge in [0.05, 0.1) is 15.9 Å². The summed E-state index contributed by atoms with van der Waals surface area (Å²) in [6, 6.07) is -0.445. The van der Waals surface area contributed by atoms with Crippen molar-refractivity contribution in [3.8, 4) is 0 Å². The second-order valence-electron chi connectivity index (χ2n) is 3.63. The van der Waals surface area contributed by atoms with Crippen molar-refractivity contribution in [1.29, 1.82) is 0 Å². The minimum absolute atomic E-state index is 0.113. The van der Waals surface area contributed by atoms with Gasteiger partial charge < -0.3 is 10.4 Å². The molecule has 0 saturated carbocycles. The van der Waals surface area contributed by atoms with Crippen molar-refractivity contribution < 1.29 is 14.7 Å². The molecule has 0 aliphatic rings. The van der Waals surface area contributed by atoms with E-state index in [1.54, 1.807) is 6.20 Å². The number of aromatic nitrogens is 1. The van der Waals surface area contributed by atoms with Crippen molar-refractivity contribution in [2.75, 3.05) is 11.9 Å². The molecule has 100 valence electrons. The number of hydrogen-bond donors (Lipinski definition) is 3. The molecule has 1 heterocycles. The van der Waals surface area contributed by atoms with Gasteiger partial charge in [-0.3, -0.25) is 10.1 Å². The van der Waals surface area contributed by atoms with Crippen LogP contribution in [0.25, 0.3) is 0 Å². The van der Waals surface area contributed by atoms with Crippen molar-refractivity contribution in [2.24, 2.45) is 5.92 Å². The molecule has 18 heavy (non-hydrogen) atoms. The van der Waals surface area contributed by atoms with E-state index >= 15 is 0 Å². The molecular weight excluding hydrogens is 322 g/mol. The fraction of sp³-hybridized carbons (Fsp3) is 0.500. The van der Waals surface area contributed by atoms with Gasteiger partial charge in [0.2, 0.25) is 0 Å². The van der Waals surface area contributed by atoms with E-state index < -0.39 is 17.9 Å². The van der Waals surface area contributed by atoms with Crippen LogP contribution in [-0.2, 0) is 4.79 Å². The van der Waals surface area contributed by atoms with Crippen LogP contribution in [0.3, 0.4) is 0 Å². The minimum atomic E-state index is -0.894. The zero-order valence-corrected chi connectivity index (χ0v) is 12.2. The number of carboxylic acids is 1. The number of thiazole rings is 1. The van der Waals surface area contributed by atoms with Crippen molar-refractivity contribution in [1.82, 2.24) is 10.3 Å². The molecule has 8 heteroatoms. The summed E-state index contributed by atoms with van der Waals surface area (Å²) < 4.78 is 0.812. The Hall–Kier alpha value is -1.15. The smallest absolute Gasteiger partial charge is 0.321 e. The molecule has 0 bridgehead atoms. The summed E-state index contributed by atoms with van der Waals surface area (Å²) in [5.41, 5.74) is 0. The fourth-order valence-electron chi connectivity index (χ4n) is 1.33. The van der Waals surface area contributed by atoms with Gasteiger partial charge in [-0.25, -0.2) is 9.78 Å². The molecule has 1 rings (SSSR count). The Morgan fingerprint density at radius 1 is 1.61 bits per heavy atom. The van der Waals surface area contributed by atoms with Gasteiger partial charge >= 0.3 is 12.0 Å². The standard InChI is InChI=1S/C10H14BrN3O3S/c1-2-3-6(8(15)16)4-12-9(17)14-10-13-5-7(11)18-10/h5-6H,2-4H2,1H3,(H,15,16)(H2,12,13,14,17). The summed E-state index contributed by atoms with van der Waals surface area (Å²) in [6.07, 6.45) is 2.88. The molecule has 2 amide bonds. The Kier molecular flexibility index (Phi) is 6.06. The van der Waals surface area contributed by atoms with Crippen LogP contribution in [0, 0.1) is 5.92 Å². The van der Waals surface area contributed by atoms with Crippen molar-refractivity contribution in [3.63, 3.8) is 0 Å². The Balaban J connectivity index is 2.38. The average molecular weight is 336 g/mol. The SMILES string of the molecule is CCCC(CNC(=O)Nc1ncc(Br)s1)C(=O)O. The number of rotatable bonds is 6. The summed E-state index contributed by atoms with van der Waals surface area (Å²) in [4.78, 5) is 26.3. The van der Waals surface area contributed by atoms with E-state index in [4.69, 9.17) is 5.11 Å². The van der Waals surface area contributed by atoms with Crippen LogP contribution in [0.15, 0.2) is 9.98 Å². The van der Waals surface area contributed by atoms with E-state index in [2.05, 4.69) is 31.5 Å². The van der Waals surface area contributed by atoms with Gasteiger partial charge in [-0.15, -0.1) is 0 Å². The zero-order chi connectivity index (χ0) is 13.5. The second kappa shape index (κ2) is 7.32. The zero-order valence-electron chi connectivity index (χ0n) is 9.77. The van der Waals surface area contributed by atoms with Crippen LogP contribution in [0.2, 0.25) is 0 Å². The third kappa shape index (κ3) is 5.01. The number of hydrogen-bond acceptors (Lipinski definition) is 4. The highest BCUT2D eigenvalue weighted by Gasteiger charge is 2.17. The van der Waals surface area contributed by atoms with E-state index in [1.807, 2.05) is 6.92 Å². The molecule has 0 aromatic carbocycles. The lowest BCUT2D eigenvalue weighted by Gasteiger charge is -2.12. The first-order valence-corrected chi connectivity index (χ1v) is 7.02. The Bertz CT molecular complexity index is 424. The number of carboxylic acid groups (broad SMARTS) is 1. The number of anilines is 1. The highest BCUT2D eigenvalue weighted by molar-refractivity contribution is 9.11. The van der Waals surface area contributed by atoms with Gasteiger partial charge in [0.15, 0.2) is 5.13 Å². The van der Waals surface area contributed by atoms with E-state index in [-0.39, 0.29) is 6.54 Å². The third-order valence-corrected chi connectivity index (χ3v) is 3.58. The first kappa shape index (κ1) is 14.9. The summed E-state index contributed by atoms with van der Waals surface area (Å²) >= 11 is 4.51. The molecule has 0 fully saturated rings. The monoisotopic (exact) mass is 335 g/mol. The molecule has 1 unspecified atom stereocenters. The van der Waals surface area contributed by atoms with Crippen LogP contribution in [0.4, 0.5) is 9.93 Å². The molecule has 0 aliphatic carbocycles. The van der Waals surface area contributed by atoms with Gasteiger partial charge in [0.25, 0.3) is 0 Å². The molecule has 0 aliphatic heterocycles. The number of amides is 2. The highest BCUT2D eigenvalue weighted by Crippen LogP contribution is 2.22. The van der Waals surface area contributed by atoms with Crippen LogP contribution in [0.1, 0.15) is 19.8 Å². The quantitative estimate of drug-likeness (QED) is 0.744. The summed E-state index contributed by atoms with van der Waals surface area (Å²) in [7, 11) is 0. The van der Waals surface area contributed by atoms with Crippen LogP contribution in [0.5, 0.6) is 0 Å². The first-order chi connectivity index (χ1) is 8.52. The second-order valence-corrected chi connectivity index (χ2v) is 6.04. The van der Waals surface area contributed by atoms with E-state index in [1.165, 1.54) is 11.3 Å². The summed E-state index contributed by atoms with van der Waals surface area (Å²) in [5, 5.41) is 14.4. The van der Waals surface area contributed by atoms with Gasteiger partial charge in [0.1, 0.15) is 0 Å². The number of carbonyl (C=O) groups is 2. The van der Waals surface area contributed by atoms with E-state index in [0.717, 1.165) is 10.2 Å². The molecule has 1 atom stereocenters. The normalized spacial score (nSPS) is 11.9. The van der Waals surface area contributed by atoms with E-state index in [9.17, 15) is 9.59 Å². The number of aliphatic carboxylic acids is 1. The lowest BCUT2D eigenvalue weighted by molar-refractivity contribution is -0.141. The molecule has 0 saturated heterocycles. The lowest BCUT2D eigenvalue weighted by atomic mass is 10.0. The number of nitrogens with one attached hydrogen (secondary N) is 2. The maximum absolute atomic E-state index is 11.5. The minimum Gasteiger partial charge on any atom is -0.481 e. The number of nitrogens with zero attached hydrogens (tertiary/aromatic N) is 1. The fourth-order valence-corrected chi connectivity index (χ4v) is 2.43. The van der Waals surface area contributed by atoms with Crippen LogP contribution in [-0.4, -0.2) is 28.6 Å². The molecule has 6 nitrogen and oxygen atoms in total. The molecule has 1 aromatic rings. The van der Waals surface area contributed by atoms with Gasteiger partial charge in [-0.05, 0) is 22.4 Å². The Labute approximate surface area is 117 Å². The van der Waals surface area contributed by atoms with Gasteiger partial charge in [-0.2, -0.15) is 0 Å². The lowest BCUT2D eigenvalue weighted by Crippen LogP contribution is -2.35. The van der Waals surface area contributed by atoms with Crippen molar-refractivity contribution in [2.45, 2.75) is 19.8 Å². The third-order valence-electron chi connectivity index (χ3n) is 2.19. The summed E-state index contributed by atoms with van der Waals surface area (Å²) in [5.74, 6) is -1.45. The Morgan fingerprint density at radius 3 is 2.83 bits per heavy atom.